The van der Waals surface area contributed by atoms with Crippen LogP contribution in [0.5, 0.6) is 0 Å². The summed E-state index contributed by atoms with van der Waals surface area (Å²) < 4.78 is 0. The minimum atomic E-state index is -0.163. The first kappa shape index (κ1) is 11.4. The van der Waals surface area contributed by atoms with Gasteiger partial charge in [0, 0.05) is 19.5 Å². The molecule has 3 N–H and O–H groups in total. The summed E-state index contributed by atoms with van der Waals surface area (Å²) in [5, 5.41) is 8.94. The monoisotopic (exact) mass is 225 g/mol. The lowest BCUT2D eigenvalue weighted by molar-refractivity contribution is -0.126. The average molecular weight is 225 g/mol. The highest BCUT2D eigenvalue weighted by Gasteiger charge is 2.28. The van der Waals surface area contributed by atoms with Gasteiger partial charge in [-0.2, -0.15) is 0 Å². The van der Waals surface area contributed by atoms with Crippen LogP contribution in [-0.4, -0.2) is 38.0 Å². The summed E-state index contributed by atoms with van der Waals surface area (Å²) in [4.78, 5) is 22.7. The predicted molar refractivity (Wildman–Crippen MR) is 59.7 cm³/mol. The van der Waals surface area contributed by atoms with Crippen molar-refractivity contribution in [2.24, 2.45) is 11.8 Å². The molecule has 16 heavy (non-hydrogen) atoms. The molecule has 0 aromatic heterocycles. The summed E-state index contributed by atoms with van der Waals surface area (Å²) in [6.07, 6.45) is 2.70. The van der Waals surface area contributed by atoms with Crippen LogP contribution >= 0.6 is 0 Å². The number of nitrogens with one attached hydrogen (secondary N) is 3. The van der Waals surface area contributed by atoms with Gasteiger partial charge in [0.15, 0.2) is 0 Å². The van der Waals surface area contributed by atoms with Crippen molar-refractivity contribution in [3.05, 3.63) is 0 Å². The standard InChI is InChI=1S/C11H19N3O2/c15-10-4-9(7-13-10)11(16)14-6-8-2-1-3-12-5-8/h8-9,12H,1-7H2,(H,13,15)(H,14,16). The van der Waals surface area contributed by atoms with E-state index in [0.29, 0.717) is 18.9 Å². The highest BCUT2D eigenvalue weighted by Crippen LogP contribution is 2.11. The Labute approximate surface area is 95.3 Å². The third-order valence-electron chi connectivity index (χ3n) is 3.31. The van der Waals surface area contributed by atoms with Crippen LogP contribution in [0.15, 0.2) is 0 Å². The minimum Gasteiger partial charge on any atom is -0.355 e. The predicted octanol–water partition coefficient (Wildman–Crippen LogP) is -0.762. The normalized spacial score (nSPS) is 29.9. The van der Waals surface area contributed by atoms with Crippen molar-refractivity contribution in [3.63, 3.8) is 0 Å². The van der Waals surface area contributed by atoms with Gasteiger partial charge in [-0.1, -0.05) is 0 Å². The van der Waals surface area contributed by atoms with Crippen LogP contribution in [0.4, 0.5) is 0 Å². The van der Waals surface area contributed by atoms with Gasteiger partial charge in [0.05, 0.1) is 5.92 Å². The van der Waals surface area contributed by atoms with Crippen LogP contribution in [0.3, 0.4) is 0 Å². The van der Waals surface area contributed by atoms with Crippen molar-refractivity contribution in [2.45, 2.75) is 19.3 Å². The molecule has 2 aliphatic heterocycles. The Balaban J connectivity index is 1.68. The third-order valence-corrected chi connectivity index (χ3v) is 3.31. The summed E-state index contributed by atoms with van der Waals surface area (Å²) in [6, 6.07) is 0. The van der Waals surface area contributed by atoms with Crippen LogP contribution in [0, 0.1) is 11.8 Å². The Morgan fingerprint density at radius 1 is 1.44 bits per heavy atom. The van der Waals surface area contributed by atoms with Gasteiger partial charge in [-0.3, -0.25) is 9.59 Å². The zero-order chi connectivity index (χ0) is 11.4. The largest absolute Gasteiger partial charge is 0.355 e. The summed E-state index contributed by atoms with van der Waals surface area (Å²) in [7, 11) is 0. The van der Waals surface area contributed by atoms with Gasteiger partial charge in [0.2, 0.25) is 11.8 Å². The zero-order valence-corrected chi connectivity index (χ0v) is 9.42. The molecule has 2 aliphatic rings. The number of hydrogen-bond acceptors (Lipinski definition) is 3. The van der Waals surface area contributed by atoms with Gasteiger partial charge in [-0.05, 0) is 31.8 Å². The van der Waals surface area contributed by atoms with Crippen molar-refractivity contribution in [3.8, 4) is 0 Å². The maximum atomic E-state index is 11.7. The maximum absolute atomic E-state index is 11.7. The number of hydrogen-bond donors (Lipinski definition) is 3. The molecular formula is C11H19N3O2. The van der Waals surface area contributed by atoms with Crippen molar-refractivity contribution < 1.29 is 9.59 Å². The fourth-order valence-electron chi connectivity index (χ4n) is 2.28. The summed E-state index contributed by atoms with van der Waals surface area (Å²) in [6.45, 7) is 3.30. The fraction of sp³-hybridized carbons (Fsp3) is 0.818. The molecule has 0 bridgehead atoms. The molecule has 0 aromatic carbocycles. The zero-order valence-electron chi connectivity index (χ0n) is 9.42. The molecule has 90 valence electrons. The highest BCUT2D eigenvalue weighted by molar-refractivity contribution is 5.89. The van der Waals surface area contributed by atoms with Crippen LogP contribution in [-0.2, 0) is 9.59 Å². The molecule has 5 heteroatoms. The van der Waals surface area contributed by atoms with E-state index >= 15 is 0 Å². The lowest BCUT2D eigenvalue weighted by Gasteiger charge is -2.23. The molecule has 2 atom stereocenters. The Morgan fingerprint density at radius 3 is 2.94 bits per heavy atom. The van der Waals surface area contributed by atoms with Gasteiger partial charge in [0.25, 0.3) is 0 Å². The molecule has 0 aromatic rings. The summed E-state index contributed by atoms with van der Waals surface area (Å²) in [5.74, 6) is 0.384. The molecule has 2 fully saturated rings. The van der Waals surface area contributed by atoms with E-state index in [0.717, 1.165) is 19.6 Å². The quantitative estimate of drug-likeness (QED) is 0.591. The van der Waals surface area contributed by atoms with E-state index in [9.17, 15) is 9.59 Å². The Hall–Kier alpha value is -1.10. The number of piperidine rings is 1. The molecule has 2 unspecified atom stereocenters. The van der Waals surface area contributed by atoms with E-state index in [2.05, 4.69) is 16.0 Å². The van der Waals surface area contributed by atoms with Crippen LogP contribution in [0.25, 0.3) is 0 Å². The average Bonchev–Trinajstić information content (AvgIpc) is 2.74. The van der Waals surface area contributed by atoms with Gasteiger partial charge >= 0.3 is 0 Å². The van der Waals surface area contributed by atoms with Crippen molar-refractivity contribution in [1.29, 1.82) is 0 Å². The smallest absolute Gasteiger partial charge is 0.225 e. The topological polar surface area (TPSA) is 70.2 Å². The molecule has 0 radical (unpaired) electrons. The van der Waals surface area contributed by atoms with E-state index in [1.165, 1.54) is 12.8 Å². The summed E-state index contributed by atoms with van der Waals surface area (Å²) in [5.41, 5.74) is 0. The molecule has 2 saturated heterocycles. The second-order valence-electron chi connectivity index (χ2n) is 4.66. The Kier molecular flexibility index (Phi) is 3.77. The highest BCUT2D eigenvalue weighted by atomic mass is 16.2. The summed E-state index contributed by atoms with van der Waals surface area (Å²) >= 11 is 0. The number of amides is 2. The Morgan fingerprint density at radius 2 is 2.31 bits per heavy atom. The van der Waals surface area contributed by atoms with Crippen LogP contribution in [0.2, 0.25) is 0 Å². The second kappa shape index (κ2) is 5.30. The van der Waals surface area contributed by atoms with Crippen LogP contribution in [0.1, 0.15) is 19.3 Å². The van der Waals surface area contributed by atoms with Gasteiger partial charge < -0.3 is 16.0 Å². The molecule has 0 saturated carbocycles. The van der Waals surface area contributed by atoms with Crippen molar-refractivity contribution in [1.82, 2.24) is 16.0 Å². The van der Waals surface area contributed by atoms with E-state index < -0.39 is 0 Å². The molecule has 0 aliphatic carbocycles. The first-order chi connectivity index (χ1) is 7.75. The maximum Gasteiger partial charge on any atom is 0.225 e. The number of carbonyl (C=O) groups excluding carboxylic acids is 2. The molecule has 5 nitrogen and oxygen atoms in total. The van der Waals surface area contributed by atoms with Crippen molar-refractivity contribution in [2.75, 3.05) is 26.2 Å². The van der Waals surface area contributed by atoms with E-state index in [4.69, 9.17) is 0 Å². The Bertz CT molecular complexity index is 274. The lowest BCUT2D eigenvalue weighted by Crippen LogP contribution is -2.40. The van der Waals surface area contributed by atoms with E-state index in [1.54, 1.807) is 0 Å². The fourth-order valence-corrected chi connectivity index (χ4v) is 2.28. The number of rotatable bonds is 3. The molecule has 2 heterocycles. The van der Waals surface area contributed by atoms with Gasteiger partial charge in [0.1, 0.15) is 0 Å². The van der Waals surface area contributed by atoms with E-state index in [1.807, 2.05) is 0 Å². The first-order valence-corrected chi connectivity index (χ1v) is 6.01. The molecule has 2 rings (SSSR count). The van der Waals surface area contributed by atoms with Crippen LogP contribution < -0.4 is 16.0 Å². The SMILES string of the molecule is O=C1CC(C(=O)NCC2CCCNC2)CN1. The third kappa shape index (κ3) is 2.95. The lowest BCUT2D eigenvalue weighted by atomic mass is 9.99. The van der Waals surface area contributed by atoms with Crippen molar-refractivity contribution >= 4 is 11.8 Å². The molecular weight excluding hydrogens is 206 g/mol. The van der Waals surface area contributed by atoms with Gasteiger partial charge in [-0.25, -0.2) is 0 Å². The van der Waals surface area contributed by atoms with E-state index in [-0.39, 0.29) is 17.7 Å². The molecule has 0 spiro atoms. The first-order valence-electron chi connectivity index (χ1n) is 6.01. The number of carbonyl (C=O) groups is 2. The molecule has 2 amide bonds. The van der Waals surface area contributed by atoms with Gasteiger partial charge in [-0.15, -0.1) is 0 Å². The minimum absolute atomic E-state index is 0.0144. The second-order valence-corrected chi connectivity index (χ2v) is 4.66.